The third-order valence-electron chi connectivity index (χ3n) is 13.6. The third-order valence-corrected chi connectivity index (χ3v) is 13.6. The lowest BCUT2D eigenvalue weighted by Crippen LogP contribution is -2.51. The molecule has 0 bridgehead atoms. The Bertz CT molecular complexity index is 2970. The van der Waals surface area contributed by atoms with Crippen molar-refractivity contribution in [2.75, 3.05) is 59.0 Å². The quantitative estimate of drug-likeness (QED) is 0.0149. The van der Waals surface area contributed by atoms with Gasteiger partial charge < -0.3 is 70.1 Å². The SMILES string of the molecule is N#C[C@@H]1CC(F)(F)CN1C(=O)CNC(O)c1ccnc2ccc(OCCCN3CCN(C(=O)CN(Cc4nccn4CC(=O)N[C@@H](CC(C(=O)O)C(=O)O)C(=O)O)Cc4nccn4CC(=O)N[C@@H](CC(C(=O)O)C(=O)O)C(=O)O)CC3)cc12. The number of aliphatic hydroxyl groups excluding tert-OH is 1. The second-order valence-corrected chi connectivity index (χ2v) is 19.4. The lowest BCUT2D eigenvalue weighted by atomic mass is 10.00. The van der Waals surface area contributed by atoms with Crippen molar-refractivity contribution in [2.45, 2.75) is 82.1 Å². The molecule has 0 spiro atoms. The number of carboxylic acid groups (broad SMARTS) is 6. The first-order chi connectivity index (χ1) is 39.3. The molecule has 4 atom stereocenters. The van der Waals surface area contributed by atoms with E-state index in [1.54, 1.807) is 34.1 Å². The molecule has 0 saturated carbocycles. The maximum atomic E-state index is 14.1. The summed E-state index contributed by atoms with van der Waals surface area (Å²) in [7, 11) is 0. The van der Waals surface area contributed by atoms with Crippen LogP contribution in [0.5, 0.6) is 5.75 Å². The number of aromatic nitrogens is 5. The monoisotopic (exact) mass is 1170 g/mol. The van der Waals surface area contributed by atoms with E-state index in [0.717, 1.165) is 4.90 Å². The molecule has 2 fully saturated rings. The van der Waals surface area contributed by atoms with E-state index >= 15 is 0 Å². The van der Waals surface area contributed by atoms with E-state index in [-0.39, 0.29) is 56.9 Å². The fourth-order valence-electron chi connectivity index (χ4n) is 9.21. The molecule has 0 radical (unpaired) electrons. The number of imidazole rings is 2. The molecule has 31 nitrogen and oxygen atoms in total. The molecular weight excluding hydrogens is 1110 g/mol. The number of amides is 4. The fraction of sp³-hybridized carbons (Fsp3) is 0.480. The van der Waals surface area contributed by atoms with Crippen LogP contribution in [-0.4, -0.2) is 222 Å². The summed E-state index contributed by atoms with van der Waals surface area (Å²) >= 11 is 0. The van der Waals surface area contributed by atoms with Gasteiger partial charge in [-0.3, -0.25) is 58.5 Å². The van der Waals surface area contributed by atoms with Crippen molar-refractivity contribution in [3.63, 3.8) is 0 Å². The van der Waals surface area contributed by atoms with Crippen molar-refractivity contribution in [2.24, 2.45) is 11.8 Å². The summed E-state index contributed by atoms with van der Waals surface area (Å²) in [6.45, 7) is -1.05. The molecule has 4 aromatic rings. The molecule has 33 heteroatoms. The average Bonchev–Trinajstić information content (AvgIpc) is 4.31. The number of aliphatic hydroxyl groups is 1. The first kappa shape index (κ1) is 62.9. The van der Waals surface area contributed by atoms with Crippen molar-refractivity contribution in [1.82, 2.24) is 59.6 Å². The van der Waals surface area contributed by atoms with Gasteiger partial charge in [-0.15, -0.1) is 0 Å². The van der Waals surface area contributed by atoms with Crippen LogP contribution in [0, 0.1) is 23.2 Å². The average molecular weight is 1170 g/mol. The molecular formula is C50H59F2N13O18. The summed E-state index contributed by atoms with van der Waals surface area (Å²) in [4.78, 5) is 142. The maximum absolute atomic E-state index is 14.1. The number of nitrogens with zero attached hydrogens (tertiary/aromatic N) is 10. The van der Waals surface area contributed by atoms with Crippen molar-refractivity contribution in [1.29, 1.82) is 5.26 Å². The Morgan fingerprint density at radius 1 is 0.735 bits per heavy atom. The van der Waals surface area contributed by atoms with E-state index in [2.05, 4.69) is 35.8 Å². The highest BCUT2D eigenvalue weighted by molar-refractivity contribution is 5.95. The Morgan fingerprint density at radius 2 is 1.28 bits per heavy atom. The summed E-state index contributed by atoms with van der Waals surface area (Å²) in [5.41, 5.74) is 0.826. The number of nitriles is 1. The maximum Gasteiger partial charge on any atom is 0.326 e. The summed E-state index contributed by atoms with van der Waals surface area (Å²) < 4.78 is 36.5. The standard InChI is InChI=1S/C50H59F2N13O18/c51-50(52)19-28(20-53)65(27-50)41(68)21-57-43(70)30-4-5-54-34-3-2-29(16-31(30)34)83-15-1-8-60-11-13-62(14-12-60)42(69)26-61(22-37-55-6-9-63(37)24-39(66)58-35(48(79)80)17-32(44(71)72)45(73)74)23-38-56-7-10-64(38)25-40(67)59-36(49(81)82)18-33(46(75)76)47(77)78/h2-7,9-10,16,28,32-33,35-36,43,57,70H,1,8,11-15,17-19,21-27H2,(H,58,66)(H,59,67)(H,71,72)(H,73,74)(H,75,76)(H,77,78)(H,79,80)(H,81,82)/t28-,35-,36-,43?/m0/s1. The predicted molar refractivity (Wildman–Crippen MR) is 273 cm³/mol. The predicted octanol–water partition coefficient (Wildman–Crippen LogP) is -1.93. The molecule has 0 aliphatic carbocycles. The number of benzene rings is 1. The second kappa shape index (κ2) is 28.4. The van der Waals surface area contributed by atoms with Gasteiger partial charge in [-0.05, 0) is 30.7 Å². The number of likely N-dealkylation sites (tertiary alicyclic amines) is 1. The number of carbonyl (C=O) groups excluding carboxylic acids is 4. The van der Waals surface area contributed by atoms with Crippen molar-refractivity contribution < 1.29 is 97.2 Å². The highest BCUT2D eigenvalue weighted by Gasteiger charge is 2.47. The number of halogens is 2. The van der Waals surface area contributed by atoms with Gasteiger partial charge in [-0.2, -0.15) is 5.26 Å². The molecule has 4 amide bonds. The number of carboxylic acids is 6. The molecule has 2 aliphatic heterocycles. The van der Waals surface area contributed by atoms with Gasteiger partial charge in [0.1, 0.15) is 54.8 Å². The molecule has 10 N–H and O–H groups in total. The van der Waals surface area contributed by atoms with Gasteiger partial charge in [0.25, 0.3) is 5.92 Å². The van der Waals surface area contributed by atoms with E-state index in [0.29, 0.717) is 48.3 Å². The normalized spacial score (nSPS) is 16.3. The number of fused-ring (bicyclic) bond motifs is 1. The van der Waals surface area contributed by atoms with E-state index < -0.39 is 141 Å². The number of aliphatic carboxylic acids is 6. The number of hydrogen-bond acceptors (Lipinski definition) is 19. The zero-order chi connectivity index (χ0) is 60.7. The van der Waals surface area contributed by atoms with Crippen LogP contribution in [0.15, 0.2) is 55.2 Å². The zero-order valence-corrected chi connectivity index (χ0v) is 44.0. The Hall–Kier alpha value is -9.26. The van der Waals surface area contributed by atoms with Gasteiger partial charge in [0.15, 0.2) is 11.8 Å². The number of nitrogens with one attached hydrogen (secondary N) is 3. The van der Waals surface area contributed by atoms with Crippen LogP contribution in [-0.2, 0) is 74.1 Å². The van der Waals surface area contributed by atoms with Crippen molar-refractivity contribution >= 4 is 70.3 Å². The van der Waals surface area contributed by atoms with Crippen LogP contribution in [0.25, 0.3) is 10.9 Å². The number of pyridine rings is 1. The zero-order valence-electron chi connectivity index (χ0n) is 44.0. The van der Waals surface area contributed by atoms with Crippen LogP contribution in [0.3, 0.4) is 0 Å². The third kappa shape index (κ3) is 17.6. The Kier molecular flexibility index (Phi) is 21.6. The minimum atomic E-state index is -3.20. The Morgan fingerprint density at radius 3 is 1.78 bits per heavy atom. The number of ether oxygens (including phenoxy) is 1. The Balaban J connectivity index is 1.07. The minimum Gasteiger partial charge on any atom is -0.494 e. The minimum absolute atomic E-state index is 0.138. The smallest absolute Gasteiger partial charge is 0.326 e. The summed E-state index contributed by atoms with van der Waals surface area (Å²) in [6, 6.07) is 3.13. The molecule has 2 saturated heterocycles. The van der Waals surface area contributed by atoms with Gasteiger partial charge in [-0.25, -0.2) is 28.3 Å². The first-order valence-corrected chi connectivity index (χ1v) is 25.5. The van der Waals surface area contributed by atoms with E-state index in [4.69, 9.17) is 4.74 Å². The molecule has 1 aromatic carbocycles. The van der Waals surface area contributed by atoms with Crippen molar-refractivity contribution in [3.05, 3.63) is 72.5 Å². The van der Waals surface area contributed by atoms with Crippen LogP contribution in [0.1, 0.15) is 49.1 Å². The Labute approximate surface area is 468 Å². The first-order valence-electron chi connectivity index (χ1n) is 25.5. The number of alkyl halides is 2. The van der Waals surface area contributed by atoms with Crippen LogP contribution >= 0.6 is 0 Å². The summed E-state index contributed by atoms with van der Waals surface area (Å²) in [6.07, 6.45) is 3.14. The van der Waals surface area contributed by atoms with Gasteiger partial charge in [0.2, 0.25) is 23.6 Å². The fourth-order valence-corrected chi connectivity index (χ4v) is 9.21. The summed E-state index contributed by atoms with van der Waals surface area (Å²) in [5, 5.41) is 84.1. The second-order valence-electron chi connectivity index (χ2n) is 19.4. The lowest BCUT2D eigenvalue weighted by Gasteiger charge is -2.35. The van der Waals surface area contributed by atoms with E-state index in [1.807, 2.05) is 0 Å². The van der Waals surface area contributed by atoms with Crippen LogP contribution in [0.2, 0.25) is 0 Å². The highest BCUT2D eigenvalue weighted by atomic mass is 19.3. The van der Waals surface area contributed by atoms with E-state index in [9.17, 15) is 97.7 Å². The molecule has 1 unspecified atom stereocenters. The molecule has 3 aromatic heterocycles. The van der Waals surface area contributed by atoms with Gasteiger partial charge >= 0.3 is 35.8 Å². The van der Waals surface area contributed by atoms with Gasteiger partial charge in [-0.1, -0.05) is 0 Å². The number of piperazine rings is 1. The van der Waals surface area contributed by atoms with Crippen molar-refractivity contribution in [3.8, 4) is 11.8 Å². The number of hydrogen-bond donors (Lipinski definition) is 10. The summed E-state index contributed by atoms with van der Waals surface area (Å²) in [5.74, 6) is -20.5. The van der Waals surface area contributed by atoms with Crippen LogP contribution < -0.4 is 20.7 Å². The van der Waals surface area contributed by atoms with Gasteiger partial charge in [0.05, 0.1) is 50.9 Å². The molecule has 2 aliphatic rings. The number of rotatable bonds is 31. The highest BCUT2D eigenvalue weighted by Crippen LogP contribution is 2.32. The lowest BCUT2D eigenvalue weighted by molar-refractivity contribution is -0.158. The molecule has 6 rings (SSSR count). The largest absolute Gasteiger partial charge is 0.494 e. The van der Waals surface area contributed by atoms with Gasteiger partial charge in [0, 0.05) is 93.9 Å². The molecule has 83 heavy (non-hydrogen) atoms. The van der Waals surface area contributed by atoms with Crippen LogP contribution in [0.4, 0.5) is 8.78 Å². The topological polar surface area (TPSA) is 443 Å². The number of carbonyl (C=O) groups is 10. The van der Waals surface area contributed by atoms with E-state index in [1.165, 1.54) is 46.2 Å². The molecule has 5 heterocycles. The molecule has 446 valence electrons.